The highest BCUT2D eigenvalue weighted by atomic mass is 16.5. The first-order chi connectivity index (χ1) is 13.8. The number of fused-ring (bicyclic) bond motifs is 1. The number of ether oxygens (including phenoxy) is 1. The van der Waals surface area contributed by atoms with Crippen LogP contribution in [0.3, 0.4) is 0 Å². The Labute approximate surface area is 172 Å². The minimum atomic E-state index is -0.125. The first kappa shape index (κ1) is 19.7. The van der Waals surface area contributed by atoms with Gasteiger partial charge in [-0.1, -0.05) is 51.5 Å². The molecule has 4 nitrogen and oxygen atoms in total. The molecule has 2 heterocycles. The van der Waals surface area contributed by atoms with Crippen molar-refractivity contribution in [2.75, 3.05) is 13.1 Å². The molecule has 152 valence electrons. The van der Waals surface area contributed by atoms with Crippen LogP contribution in [0.25, 0.3) is 6.08 Å². The van der Waals surface area contributed by atoms with Gasteiger partial charge in [-0.15, -0.1) is 0 Å². The molecule has 29 heavy (non-hydrogen) atoms. The number of likely N-dealkylation sites (tertiary alicyclic amines) is 1. The van der Waals surface area contributed by atoms with Crippen LogP contribution in [0.5, 0.6) is 11.5 Å². The molecule has 1 fully saturated rings. The molecule has 0 bridgehead atoms. The van der Waals surface area contributed by atoms with E-state index >= 15 is 0 Å². The Bertz CT molecular complexity index is 945. The summed E-state index contributed by atoms with van der Waals surface area (Å²) in [4.78, 5) is 15.2. The molecule has 0 radical (unpaired) electrons. The molecule has 2 aromatic rings. The second-order valence-electron chi connectivity index (χ2n) is 9.09. The molecular formula is C25H29NO3. The molecule has 0 aliphatic carbocycles. The third-order valence-corrected chi connectivity index (χ3v) is 5.82. The fourth-order valence-corrected chi connectivity index (χ4v) is 4.02. The lowest BCUT2D eigenvalue weighted by Crippen LogP contribution is -2.29. The molecule has 0 spiro atoms. The zero-order valence-corrected chi connectivity index (χ0v) is 17.5. The van der Waals surface area contributed by atoms with Crippen molar-refractivity contribution in [1.29, 1.82) is 0 Å². The number of phenols is 1. The number of aromatic hydroxyl groups is 1. The highest BCUT2D eigenvalue weighted by molar-refractivity contribution is 6.15. The average molecular weight is 392 g/mol. The molecule has 4 heteroatoms. The number of ketones is 1. The summed E-state index contributed by atoms with van der Waals surface area (Å²) in [5.41, 5.74) is 3.51. The van der Waals surface area contributed by atoms with Crippen LogP contribution in [0.2, 0.25) is 0 Å². The van der Waals surface area contributed by atoms with Crippen molar-refractivity contribution >= 4 is 11.9 Å². The molecule has 0 saturated carbocycles. The largest absolute Gasteiger partial charge is 0.507 e. The fourth-order valence-electron chi connectivity index (χ4n) is 4.02. The molecule has 0 aromatic heterocycles. The molecule has 2 aliphatic heterocycles. The van der Waals surface area contributed by atoms with Gasteiger partial charge in [-0.25, -0.2) is 0 Å². The van der Waals surface area contributed by atoms with Crippen LogP contribution in [0.15, 0.2) is 42.2 Å². The maximum atomic E-state index is 12.9. The Morgan fingerprint density at radius 3 is 2.38 bits per heavy atom. The van der Waals surface area contributed by atoms with Gasteiger partial charge in [0, 0.05) is 6.54 Å². The predicted molar refractivity (Wildman–Crippen MR) is 115 cm³/mol. The first-order valence-corrected chi connectivity index (χ1v) is 10.4. The van der Waals surface area contributed by atoms with Gasteiger partial charge < -0.3 is 9.84 Å². The predicted octanol–water partition coefficient (Wildman–Crippen LogP) is 5.29. The highest BCUT2D eigenvalue weighted by Gasteiger charge is 2.31. The summed E-state index contributed by atoms with van der Waals surface area (Å²) in [6.07, 6.45) is 5.39. The number of hydrogen-bond acceptors (Lipinski definition) is 4. The van der Waals surface area contributed by atoms with E-state index in [1.807, 2.05) is 12.1 Å². The van der Waals surface area contributed by atoms with Crippen molar-refractivity contribution < 1.29 is 14.6 Å². The van der Waals surface area contributed by atoms with Gasteiger partial charge in [0.05, 0.1) is 11.1 Å². The first-order valence-electron chi connectivity index (χ1n) is 10.4. The summed E-state index contributed by atoms with van der Waals surface area (Å²) in [7, 11) is 0. The van der Waals surface area contributed by atoms with Crippen molar-refractivity contribution in [1.82, 2.24) is 4.90 Å². The summed E-state index contributed by atoms with van der Waals surface area (Å²) >= 11 is 0. The van der Waals surface area contributed by atoms with Crippen LogP contribution in [0.1, 0.15) is 67.1 Å². The van der Waals surface area contributed by atoms with Crippen molar-refractivity contribution in [2.24, 2.45) is 0 Å². The summed E-state index contributed by atoms with van der Waals surface area (Å²) in [5, 5.41) is 10.4. The average Bonchev–Trinajstić information content (AvgIpc) is 3.00. The number of benzene rings is 2. The van der Waals surface area contributed by atoms with Gasteiger partial charge in [0.2, 0.25) is 5.78 Å². The van der Waals surface area contributed by atoms with Crippen LogP contribution >= 0.6 is 0 Å². The Morgan fingerprint density at radius 1 is 1.03 bits per heavy atom. The summed E-state index contributed by atoms with van der Waals surface area (Å²) < 4.78 is 6.00. The van der Waals surface area contributed by atoms with E-state index in [1.54, 1.807) is 18.2 Å². The molecule has 1 N–H and O–H groups in total. The molecule has 2 aromatic carbocycles. The van der Waals surface area contributed by atoms with Gasteiger partial charge in [0.15, 0.2) is 5.76 Å². The van der Waals surface area contributed by atoms with E-state index in [1.165, 1.54) is 24.8 Å². The van der Waals surface area contributed by atoms with Gasteiger partial charge in [-0.3, -0.25) is 9.69 Å². The lowest BCUT2D eigenvalue weighted by molar-refractivity contribution is 0.101. The fraction of sp³-hybridized carbons (Fsp3) is 0.400. The topological polar surface area (TPSA) is 49.8 Å². The number of phenolic OH excluding ortho intramolecular Hbond substituents is 1. The zero-order valence-electron chi connectivity index (χ0n) is 17.5. The lowest BCUT2D eigenvalue weighted by Gasteiger charge is -2.27. The Hall–Kier alpha value is -2.59. The standard InChI is InChI=1S/C25H29NO3/c1-25(2,3)18-9-7-17(8-10-18)15-22-23(28)19-11-12-21(27)20(24(19)29-22)16-26-13-5-4-6-14-26/h7-12,15,27H,4-6,13-14,16H2,1-3H3/b22-15-. The molecule has 0 amide bonds. The summed E-state index contributed by atoms with van der Waals surface area (Å²) in [5.74, 6) is 0.893. The molecule has 0 unspecified atom stereocenters. The number of allylic oxidation sites excluding steroid dienone is 1. The van der Waals surface area contributed by atoms with Gasteiger partial charge in [-0.05, 0) is 60.7 Å². The maximum Gasteiger partial charge on any atom is 0.231 e. The van der Waals surface area contributed by atoms with E-state index < -0.39 is 0 Å². The minimum absolute atomic E-state index is 0.0858. The Morgan fingerprint density at radius 2 is 1.72 bits per heavy atom. The molecule has 0 atom stereocenters. The quantitative estimate of drug-likeness (QED) is 0.722. The minimum Gasteiger partial charge on any atom is -0.507 e. The van der Waals surface area contributed by atoms with Crippen LogP contribution < -0.4 is 4.74 Å². The number of rotatable bonds is 3. The van der Waals surface area contributed by atoms with Gasteiger partial charge >= 0.3 is 0 Å². The second-order valence-corrected chi connectivity index (χ2v) is 9.09. The van der Waals surface area contributed by atoms with Crippen LogP contribution in [-0.2, 0) is 12.0 Å². The third kappa shape index (κ3) is 4.08. The van der Waals surface area contributed by atoms with E-state index in [-0.39, 0.29) is 16.9 Å². The Balaban J connectivity index is 1.61. The van der Waals surface area contributed by atoms with E-state index in [0.717, 1.165) is 18.7 Å². The molecular weight excluding hydrogens is 362 g/mol. The number of carbonyl (C=O) groups is 1. The summed E-state index contributed by atoms with van der Waals surface area (Å²) in [6, 6.07) is 11.5. The van der Waals surface area contributed by atoms with Gasteiger partial charge in [0.25, 0.3) is 0 Å². The highest BCUT2D eigenvalue weighted by Crippen LogP contribution is 2.40. The normalized spacial score (nSPS) is 18.7. The molecule has 2 aliphatic rings. The van der Waals surface area contributed by atoms with E-state index in [0.29, 0.717) is 29.2 Å². The summed E-state index contributed by atoms with van der Waals surface area (Å²) in [6.45, 7) is 9.17. The maximum absolute atomic E-state index is 12.9. The third-order valence-electron chi connectivity index (χ3n) is 5.82. The SMILES string of the molecule is CC(C)(C)c1ccc(/C=C2\Oc3c(ccc(O)c3CN3CCCCC3)C2=O)cc1. The van der Waals surface area contributed by atoms with Crippen LogP contribution in [0.4, 0.5) is 0 Å². The number of piperidine rings is 1. The lowest BCUT2D eigenvalue weighted by atomic mass is 9.86. The number of hydrogen-bond donors (Lipinski definition) is 1. The number of Topliss-reactive ketones (excluding diaryl/α,β-unsaturated/α-hetero) is 1. The van der Waals surface area contributed by atoms with Crippen molar-refractivity contribution in [2.45, 2.75) is 52.0 Å². The monoisotopic (exact) mass is 391 g/mol. The Kier molecular flexibility index (Phi) is 5.22. The van der Waals surface area contributed by atoms with Gasteiger partial charge in [0.1, 0.15) is 11.5 Å². The van der Waals surface area contributed by atoms with Gasteiger partial charge in [-0.2, -0.15) is 0 Å². The number of carbonyl (C=O) groups excluding carboxylic acids is 1. The second kappa shape index (κ2) is 7.68. The van der Waals surface area contributed by atoms with Crippen LogP contribution in [0, 0.1) is 0 Å². The van der Waals surface area contributed by atoms with Crippen molar-refractivity contribution in [3.8, 4) is 11.5 Å². The van der Waals surface area contributed by atoms with Crippen LogP contribution in [-0.4, -0.2) is 28.9 Å². The van der Waals surface area contributed by atoms with E-state index in [2.05, 4.69) is 37.8 Å². The zero-order chi connectivity index (χ0) is 20.6. The van der Waals surface area contributed by atoms with E-state index in [4.69, 9.17) is 4.74 Å². The smallest absolute Gasteiger partial charge is 0.231 e. The van der Waals surface area contributed by atoms with Crippen molar-refractivity contribution in [3.63, 3.8) is 0 Å². The number of nitrogens with zero attached hydrogens (tertiary/aromatic N) is 1. The molecule has 1 saturated heterocycles. The van der Waals surface area contributed by atoms with Crippen molar-refractivity contribution in [3.05, 3.63) is 64.4 Å². The molecule has 4 rings (SSSR count). The van der Waals surface area contributed by atoms with E-state index in [9.17, 15) is 9.90 Å².